The minimum absolute atomic E-state index is 0.142. The molecular weight excluding hydrogens is 222 g/mol. The lowest BCUT2D eigenvalue weighted by atomic mass is 10.5. The summed E-state index contributed by atoms with van der Waals surface area (Å²) in [7, 11) is 0. The standard InChI is InChI=1S/C8H6ClN3OS/c9-8-11-6(5-14-8)4-12-2-1-10-3-7(12)13/h1-3,5H,4H2. The van der Waals surface area contributed by atoms with E-state index in [-0.39, 0.29) is 5.56 Å². The number of hydrogen-bond donors (Lipinski definition) is 0. The molecule has 72 valence electrons. The van der Waals surface area contributed by atoms with Crippen molar-refractivity contribution >= 4 is 22.9 Å². The van der Waals surface area contributed by atoms with Gasteiger partial charge in [0.05, 0.1) is 18.4 Å². The molecule has 6 heteroatoms. The molecule has 0 radical (unpaired) electrons. The van der Waals surface area contributed by atoms with Crippen molar-refractivity contribution in [2.24, 2.45) is 0 Å². The number of aromatic nitrogens is 3. The van der Waals surface area contributed by atoms with Crippen LogP contribution < -0.4 is 5.56 Å². The van der Waals surface area contributed by atoms with Crippen molar-refractivity contribution in [2.45, 2.75) is 6.54 Å². The van der Waals surface area contributed by atoms with Gasteiger partial charge in [0.2, 0.25) is 0 Å². The van der Waals surface area contributed by atoms with Crippen LogP contribution in [0.15, 0.2) is 28.8 Å². The van der Waals surface area contributed by atoms with E-state index in [2.05, 4.69) is 9.97 Å². The Hall–Kier alpha value is -1.20. The molecule has 0 aromatic carbocycles. The highest BCUT2D eigenvalue weighted by Gasteiger charge is 2.01. The first-order valence-electron chi connectivity index (χ1n) is 3.86. The lowest BCUT2D eigenvalue weighted by molar-refractivity contribution is 0.734. The van der Waals surface area contributed by atoms with Gasteiger partial charge in [-0.05, 0) is 0 Å². The van der Waals surface area contributed by atoms with Gasteiger partial charge in [-0.15, -0.1) is 11.3 Å². The molecule has 0 N–H and O–H groups in total. The molecule has 0 unspecified atom stereocenters. The molecule has 0 bridgehead atoms. The summed E-state index contributed by atoms with van der Waals surface area (Å²) in [5.74, 6) is 0. The average molecular weight is 228 g/mol. The Balaban J connectivity index is 2.27. The summed E-state index contributed by atoms with van der Waals surface area (Å²) in [5.41, 5.74) is 0.643. The summed E-state index contributed by atoms with van der Waals surface area (Å²) >= 11 is 7.03. The molecule has 2 aromatic rings. The number of nitrogens with zero attached hydrogens (tertiary/aromatic N) is 3. The van der Waals surface area contributed by atoms with Crippen molar-refractivity contribution < 1.29 is 0 Å². The fraction of sp³-hybridized carbons (Fsp3) is 0.125. The van der Waals surface area contributed by atoms with Crippen LogP contribution in [0.2, 0.25) is 4.47 Å². The third-order valence-electron chi connectivity index (χ3n) is 1.66. The molecule has 0 aliphatic carbocycles. The van der Waals surface area contributed by atoms with Gasteiger partial charge in [-0.1, -0.05) is 11.6 Å². The van der Waals surface area contributed by atoms with Crippen molar-refractivity contribution in [1.82, 2.24) is 14.5 Å². The third-order valence-corrected chi connectivity index (χ3v) is 2.68. The Labute approximate surface area is 88.8 Å². The van der Waals surface area contributed by atoms with Gasteiger partial charge < -0.3 is 4.57 Å². The summed E-state index contributed by atoms with van der Waals surface area (Å²) in [6, 6.07) is 0. The molecule has 0 spiro atoms. The Morgan fingerprint density at radius 2 is 2.43 bits per heavy atom. The van der Waals surface area contributed by atoms with Gasteiger partial charge >= 0.3 is 0 Å². The number of rotatable bonds is 2. The van der Waals surface area contributed by atoms with Crippen LogP contribution in [-0.4, -0.2) is 14.5 Å². The SMILES string of the molecule is O=c1cnccn1Cc1csc(Cl)n1. The Bertz CT molecular complexity index is 493. The first kappa shape index (κ1) is 9.36. The van der Waals surface area contributed by atoms with E-state index in [4.69, 9.17) is 11.6 Å². The van der Waals surface area contributed by atoms with Crippen LogP contribution in [0.4, 0.5) is 0 Å². The second kappa shape index (κ2) is 3.89. The Morgan fingerprint density at radius 3 is 3.07 bits per heavy atom. The van der Waals surface area contributed by atoms with E-state index in [1.54, 1.807) is 12.4 Å². The van der Waals surface area contributed by atoms with Crippen LogP contribution in [0.5, 0.6) is 0 Å². The molecule has 0 saturated carbocycles. The molecule has 4 nitrogen and oxygen atoms in total. The molecule has 0 fully saturated rings. The minimum Gasteiger partial charge on any atom is -0.307 e. The van der Waals surface area contributed by atoms with Crippen molar-refractivity contribution in [3.05, 3.63) is 44.5 Å². The van der Waals surface area contributed by atoms with E-state index in [9.17, 15) is 4.79 Å². The van der Waals surface area contributed by atoms with Gasteiger partial charge in [-0.25, -0.2) is 4.98 Å². The maximum atomic E-state index is 11.3. The molecule has 2 rings (SSSR count). The summed E-state index contributed by atoms with van der Waals surface area (Å²) in [4.78, 5) is 19.0. The van der Waals surface area contributed by atoms with Gasteiger partial charge in [0, 0.05) is 17.8 Å². The highest BCUT2D eigenvalue weighted by molar-refractivity contribution is 7.13. The maximum Gasteiger partial charge on any atom is 0.269 e. The molecule has 2 heterocycles. The Morgan fingerprint density at radius 1 is 1.57 bits per heavy atom. The first-order chi connectivity index (χ1) is 6.75. The second-order valence-electron chi connectivity index (χ2n) is 2.63. The average Bonchev–Trinajstić information content (AvgIpc) is 2.56. The van der Waals surface area contributed by atoms with Crippen LogP contribution in [0.3, 0.4) is 0 Å². The zero-order valence-corrected chi connectivity index (χ0v) is 8.63. The molecule has 0 aliphatic rings. The zero-order chi connectivity index (χ0) is 9.97. The summed E-state index contributed by atoms with van der Waals surface area (Å²) in [6.07, 6.45) is 4.46. The monoisotopic (exact) mass is 227 g/mol. The van der Waals surface area contributed by atoms with Gasteiger partial charge in [0.15, 0.2) is 4.47 Å². The van der Waals surface area contributed by atoms with Crippen LogP contribution >= 0.6 is 22.9 Å². The number of hydrogen-bond acceptors (Lipinski definition) is 4. The fourth-order valence-electron chi connectivity index (χ4n) is 1.03. The van der Waals surface area contributed by atoms with E-state index in [1.165, 1.54) is 22.1 Å². The normalized spacial score (nSPS) is 10.4. The number of thiazole rings is 1. The summed E-state index contributed by atoms with van der Waals surface area (Å²) < 4.78 is 2.01. The lowest BCUT2D eigenvalue weighted by Gasteiger charge is -2.00. The van der Waals surface area contributed by atoms with Crippen LogP contribution in [0, 0.1) is 0 Å². The largest absolute Gasteiger partial charge is 0.307 e. The van der Waals surface area contributed by atoms with Crippen LogP contribution in [0.25, 0.3) is 0 Å². The van der Waals surface area contributed by atoms with Crippen molar-refractivity contribution in [3.63, 3.8) is 0 Å². The molecule has 0 atom stereocenters. The molecule has 2 aromatic heterocycles. The van der Waals surface area contributed by atoms with Gasteiger partial charge in [0.1, 0.15) is 0 Å². The van der Waals surface area contributed by atoms with Gasteiger partial charge in [-0.3, -0.25) is 9.78 Å². The fourth-order valence-corrected chi connectivity index (χ4v) is 1.81. The van der Waals surface area contributed by atoms with Crippen molar-refractivity contribution in [1.29, 1.82) is 0 Å². The van der Waals surface area contributed by atoms with E-state index < -0.39 is 0 Å². The third kappa shape index (κ3) is 2.00. The predicted octanol–water partition coefficient (Wildman–Crippen LogP) is 1.40. The Kier molecular flexibility index (Phi) is 2.60. The molecular formula is C8H6ClN3OS. The predicted molar refractivity (Wildman–Crippen MR) is 54.7 cm³/mol. The van der Waals surface area contributed by atoms with E-state index in [1.807, 2.05) is 5.38 Å². The maximum absolute atomic E-state index is 11.3. The van der Waals surface area contributed by atoms with Crippen LogP contribution in [-0.2, 0) is 6.54 Å². The molecule has 0 aliphatic heterocycles. The summed E-state index contributed by atoms with van der Waals surface area (Å²) in [6.45, 7) is 0.435. The van der Waals surface area contributed by atoms with E-state index >= 15 is 0 Å². The minimum atomic E-state index is -0.142. The molecule has 0 amide bonds. The van der Waals surface area contributed by atoms with Gasteiger partial charge in [-0.2, -0.15) is 0 Å². The quantitative estimate of drug-likeness (QED) is 0.779. The van der Waals surface area contributed by atoms with Gasteiger partial charge in [0.25, 0.3) is 5.56 Å². The van der Waals surface area contributed by atoms with Crippen LogP contribution in [0.1, 0.15) is 5.69 Å². The first-order valence-corrected chi connectivity index (χ1v) is 5.12. The lowest BCUT2D eigenvalue weighted by Crippen LogP contribution is -2.19. The number of halogens is 1. The molecule has 0 saturated heterocycles. The van der Waals surface area contributed by atoms with E-state index in [0.29, 0.717) is 11.0 Å². The smallest absolute Gasteiger partial charge is 0.269 e. The second-order valence-corrected chi connectivity index (χ2v) is 4.07. The topological polar surface area (TPSA) is 47.8 Å². The van der Waals surface area contributed by atoms with Crippen molar-refractivity contribution in [3.8, 4) is 0 Å². The summed E-state index contributed by atoms with van der Waals surface area (Å²) in [5, 5.41) is 1.83. The van der Waals surface area contributed by atoms with E-state index in [0.717, 1.165) is 5.69 Å². The molecule has 14 heavy (non-hydrogen) atoms. The van der Waals surface area contributed by atoms with Crippen molar-refractivity contribution in [2.75, 3.05) is 0 Å². The zero-order valence-electron chi connectivity index (χ0n) is 7.05. The highest BCUT2D eigenvalue weighted by atomic mass is 35.5. The highest BCUT2D eigenvalue weighted by Crippen LogP contribution is 2.15.